The molecule has 0 spiro atoms. The number of amides is 1. The molecule has 1 N–H and O–H groups in total. The number of nitrogens with one attached hydrogen (secondary N) is 1. The summed E-state index contributed by atoms with van der Waals surface area (Å²) in [6.45, 7) is 7.31. The molecular formula is C23H29N7O. The summed E-state index contributed by atoms with van der Waals surface area (Å²) >= 11 is 0. The SMILES string of the molecule is CC(C)Cc1ccc(CN2CCCC(NC(=O)c3ccnc(-n4cnnn4)c3)C2)cc1. The average Bonchev–Trinajstić information content (AvgIpc) is 3.30. The van der Waals surface area contributed by atoms with Gasteiger partial charge in [-0.1, -0.05) is 38.1 Å². The second-order valence-corrected chi connectivity index (χ2v) is 8.62. The summed E-state index contributed by atoms with van der Waals surface area (Å²) in [4.78, 5) is 19.5. The highest BCUT2D eigenvalue weighted by atomic mass is 16.1. The molecule has 162 valence electrons. The van der Waals surface area contributed by atoms with Crippen LogP contribution >= 0.6 is 0 Å². The third-order valence-corrected chi connectivity index (χ3v) is 5.51. The van der Waals surface area contributed by atoms with E-state index < -0.39 is 0 Å². The van der Waals surface area contributed by atoms with Crippen molar-refractivity contribution in [2.75, 3.05) is 13.1 Å². The second kappa shape index (κ2) is 9.78. The zero-order valence-corrected chi connectivity index (χ0v) is 18.1. The number of hydrogen-bond acceptors (Lipinski definition) is 6. The Morgan fingerprint density at radius 3 is 2.74 bits per heavy atom. The number of piperidine rings is 1. The molecule has 8 heteroatoms. The number of aromatic nitrogens is 5. The Balaban J connectivity index is 1.33. The standard InChI is InChI=1S/C23H29N7O/c1-17(2)12-18-5-7-19(8-6-18)14-29-11-3-4-21(15-29)26-23(31)20-9-10-24-22(13-20)30-16-25-27-28-30/h5-10,13,16-17,21H,3-4,11-12,14-15H2,1-2H3,(H,26,31). The number of carbonyl (C=O) groups is 1. The molecule has 0 radical (unpaired) electrons. The lowest BCUT2D eigenvalue weighted by atomic mass is 10.0. The van der Waals surface area contributed by atoms with Crippen LogP contribution in [0.15, 0.2) is 48.9 Å². The van der Waals surface area contributed by atoms with Gasteiger partial charge in [-0.15, -0.1) is 5.10 Å². The molecule has 2 aromatic heterocycles. The maximum absolute atomic E-state index is 12.8. The van der Waals surface area contributed by atoms with Crippen LogP contribution in [0.4, 0.5) is 0 Å². The topological polar surface area (TPSA) is 88.8 Å². The predicted octanol–water partition coefficient (Wildman–Crippen LogP) is 2.65. The van der Waals surface area contributed by atoms with Gasteiger partial charge in [-0.25, -0.2) is 4.98 Å². The van der Waals surface area contributed by atoms with Crippen LogP contribution in [0.1, 0.15) is 48.2 Å². The number of hydrogen-bond donors (Lipinski definition) is 1. The summed E-state index contributed by atoms with van der Waals surface area (Å²) in [5.41, 5.74) is 3.26. The van der Waals surface area contributed by atoms with Crippen LogP contribution < -0.4 is 5.32 Å². The first-order chi connectivity index (χ1) is 15.1. The Bertz CT molecular complexity index is 985. The summed E-state index contributed by atoms with van der Waals surface area (Å²) in [5.74, 6) is 1.09. The van der Waals surface area contributed by atoms with Crippen molar-refractivity contribution >= 4 is 5.91 Å². The zero-order valence-electron chi connectivity index (χ0n) is 18.1. The molecule has 1 amide bonds. The second-order valence-electron chi connectivity index (χ2n) is 8.62. The average molecular weight is 420 g/mol. The summed E-state index contributed by atoms with van der Waals surface area (Å²) in [7, 11) is 0. The molecule has 1 aromatic carbocycles. The molecule has 0 saturated carbocycles. The van der Waals surface area contributed by atoms with E-state index >= 15 is 0 Å². The minimum absolute atomic E-state index is 0.0957. The third kappa shape index (κ3) is 5.73. The fraction of sp³-hybridized carbons (Fsp3) is 0.435. The van der Waals surface area contributed by atoms with Crippen LogP contribution in [-0.2, 0) is 13.0 Å². The van der Waals surface area contributed by atoms with Gasteiger partial charge < -0.3 is 5.32 Å². The summed E-state index contributed by atoms with van der Waals surface area (Å²) in [5, 5.41) is 14.2. The van der Waals surface area contributed by atoms with Gasteiger partial charge in [0, 0.05) is 30.9 Å². The van der Waals surface area contributed by atoms with Gasteiger partial charge in [0.1, 0.15) is 6.33 Å². The van der Waals surface area contributed by atoms with Gasteiger partial charge in [-0.05, 0) is 65.4 Å². The first kappa shape index (κ1) is 21.1. The van der Waals surface area contributed by atoms with E-state index in [-0.39, 0.29) is 11.9 Å². The van der Waals surface area contributed by atoms with Gasteiger partial charge in [-0.3, -0.25) is 9.69 Å². The number of pyridine rings is 1. The highest BCUT2D eigenvalue weighted by Gasteiger charge is 2.22. The monoisotopic (exact) mass is 419 g/mol. The van der Waals surface area contributed by atoms with E-state index in [2.05, 4.69) is 68.8 Å². The van der Waals surface area contributed by atoms with E-state index in [1.807, 2.05) is 0 Å². The van der Waals surface area contributed by atoms with E-state index in [1.54, 1.807) is 18.3 Å². The van der Waals surface area contributed by atoms with E-state index in [9.17, 15) is 4.79 Å². The molecule has 0 bridgehead atoms. The van der Waals surface area contributed by atoms with Crippen LogP contribution in [-0.4, -0.2) is 55.1 Å². The largest absolute Gasteiger partial charge is 0.348 e. The van der Waals surface area contributed by atoms with Crippen molar-refractivity contribution in [3.8, 4) is 5.82 Å². The Kier molecular flexibility index (Phi) is 6.66. The molecule has 8 nitrogen and oxygen atoms in total. The van der Waals surface area contributed by atoms with Crippen molar-refractivity contribution in [1.29, 1.82) is 0 Å². The van der Waals surface area contributed by atoms with Gasteiger partial charge in [0.2, 0.25) is 0 Å². The summed E-state index contributed by atoms with van der Waals surface area (Å²) in [6.07, 6.45) is 6.23. The smallest absolute Gasteiger partial charge is 0.251 e. The van der Waals surface area contributed by atoms with Crippen molar-refractivity contribution < 1.29 is 4.79 Å². The molecule has 3 aromatic rings. The maximum atomic E-state index is 12.8. The minimum Gasteiger partial charge on any atom is -0.348 e. The molecule has 0 aliphatic carbocycles. The Labute approximate surface area is 182 Å². The molecule has 1 fully saturated rings. The van der Waals surface area contributed by atoms with Crippen molar-refractivity contribution in [3.05, 3.63) is 65.6 Å². The quantitative estimate of drug-likeness (QED) is 0.633. The van der Waals surface area contributed by atoms with Crippen LogP contribution in [0, 0.1) is 5.92 Å². The van der Waals surface area contributed by atoms with Gasteiger partial charge in [0.05, 0.1) is 0 Å². The normalized spacial score (nSPS) is 17.1. The number of nitrogens with zero attached hydrogens (tertiary/aromatic N) is 6. The molecule has 1 saturated heterocycles. The fourth-order valence-corrected chi connectivity index (χ4v) is 4.05. The van der Waals surface area contributed by atoms with Gasteiger partial charge in [-0.2, -0.15) is 4.68 Å². The molecule has 31 heavy (non-hydrogen) atoms. The molecule has 4 rings (SSSR count). The Morgan fingerprint density at radius 2 is 2.00 bits per heavy atom. The number of benzene rings is 1. The van der Waals surface area contributed by atoms with Crippen LogP contribution in [0.5, 0.6) is 0 Å². The predicted molar refractivity (Wildman–Crippen MR) is 118 cm³/mol. The molecule has 1 aliphatic rings. The van der Waals surface area contributed by atoms with Crippen molar-refractivity contribution in [3.63, 3.8) is 0 Å². The van der Waals surface area contributed by atoms with Crippen LogP contribution in [0.3, 0.4) is 0 Å². The fourth-order valence-electron chi connectivity index (χ4n) is 4.05. The van der Waals surface area contributed by atoms with Crippen LogP contribution in [0.2, 0.25) is 0 Å². The van der Waals surface area contributed by atoms with Crippen molar-refractivity contribution in [1.82, 2.24) is 35.4 Å². The molecule has 3 heterocycles. The van der Waals surface area contributed by atoms with Crippen molar-refractivity contribution in [2.24, 2.45) is 5.92 Å². The molecule has 1 aliphatic heterocycles. The summed E-state index contributed by atoms with van der Waals surface area (Å²) < 4.78 is 1.44. The lowest BCUT2D eigenvalue weighted by Crippen LogP contribution is -2.47. The van der Waals surface area contributed by atoms with Gasteiger partial charge in [0.25, 0.3) is 5.91 Å². The first-order valence-electron chi connectivity index (χ1n) is 10.9. The number of carbonyl (C=O) groups excluding carboxylic acids is 1. The highest BCUT2D eigenvalue weighted by Crippen LogP contribution is 2.16. The zero-order chi connectivity index (χ0) is 21.6. The third-order valence-electron chi connectivity index (χ3n) is 5.51. The molecule has 1 unspecified atom stereocenters. The lowest BCUT2D eigenvalue weighted by Gasteiger charge is -2.33. The van der Waals surface area contributed by atoms with Crippen LogP contribution in [0.25, 0.3) is 5.82 Å². The van der Waals surface area contributed by atoms with E-state index in [1.165, 1.54) is 22.1 Å². The van der Waals surface area contributed by atoms with E-state index in [4.69, 9.17) is 0 Å². The number of tetrazole rings is 1. The first-order valence-corrected chi connectivity index (χ1v) is 10.9. The summed E-state index contributed by atoms with van der Waals surface area (Å²) in [6, 6.07) is 12.5. The number of rotatable bonds is 7. The lowest BCUT2D eigenvalue weighted by molar-refractivity contribution is 0.0900. The van der Waals surface area contributed by atoms with Gasteiger partial charge >= 0.3 is 0 Å². The van der Waals surface area contributed by atoms with E-state index in [0.29, 0.717) is 17.3 Å². The molecular weight excluding hydrogens is 390 g/mol. The Hall–Kier alpha value is -3.13. The molecule has 1 atom stereocenters. The van der Waals surface area contributed by atoms with Crippen molar-refractivity contribution in [2.45, 2.75) is 45.7 Å². The highest BCUT2D eigenvalue weighted by molar-refractivity contribution is 5.94. The Morgan fingerprint density at radius 1 is 1.19 bits per heavy atom. The number of likely N-dealkylation sites (tertiary alicyclic amines) is 1. The minimum atomic E-state index is -0.0957. The van der Waals surface area contributed by atoms with Gasteiger partial charge in [0.15, 0.2) is 5.82 Å². The maximum Gasteiger partial charge on any atom is 0.251 e. The van der Waals surface area contributed by atoms with E-state index in [0.717, 1.165) is 38.9 Å².